The molecule has 3 rings (SSSR count). The van der Waals surface area contributed by atoms with E-state index in [1.165, 1.54) is 6.07 Å². The van der Waals surface area contributed by atoms with Crippen LogP contribution in [-0.4, -0.2) is 11.1 Å². The fourth-order valence-corrected chi connectivity index (χ4v) is 3.01. The summed E-state index contributed by atoms with van der Waals surface area (Å²) in [5, 5.41) is 16.4. The van der Waals surface area contributed by atoms with E-state index in [9.17, 15) is 14.7 Å². The lowest BCUT2D eigenvalue weighted by molar-refractivity contribution is 0.262. The number of carbonyl (C=O) groups excluding carboxylic acids is 1. The number of halogens is 1. The highest BCUT2D eigenvalue weighted by molar-refractivity contribution is 6.30. The van der Waals surface area contributed by atoms with Crippen LogP contribution in [0, 0.1) is 6.92 Å². The Hall–Kier alpha value is -2.99. The van der Waals surface area contributed by atoms with Crippen LogP contribution < -0.4 is 16.3 Å². The largest absolute Gasteiger partial charge is 0.506 e. The molecule has 0 aliphatic carbocycles. The Balaban J connectivity index is 2.00. The van der Waals surface area contributed by atoms with Crippen molar-refractivity contribution in [3.05, 3.63) is 63.0 Å². The number of phenols is 1. The molecule has 134 valence electrons. The minimum atomic E-state index is -0.602. The Bertz CT molecular complexity index is 1060. The molecular formula is C19H17ClN2O4. The summed E-state index contributed by atoms with van der Waals surface area (Å²) in [6.07, 6.45) is 0.531. The number of amides is 2. The van der Waals surface area contributed by atoms with E-state index >= 15 is 0 Å². The maximum atomic E-state index is 12.3. The van der Waals surface area contributed by atoms with Gasteiger partial charge in [-0.05, 0) is 49.2 Å². The summed E-state index contributed by atoms with van der Waals surface area (Å²) in [5.74, 6) is -0.203. The highest BCUT2D eigenvalue weighted by Gasteiger charge is 2.17. The van der Waals surface area contributed by atoms with Crippen molar-refractivity contribution >= 4 is 40.0 Å². The molecule has 7 heteroatoms. The number of hydrogen-bond donors (Lipinski definition) is 3. The maximum Gasteiger partial charge on any atom is 0.339 e. The highest BCUT2D eigenvalue weighted by atomic mass is 35.5. The van der Waals surface area contributed by atoms with Gasteiger partial charge >= 0.3 is 11.7 Å². The number of fused-ring (bicyclic) bond motifs is 1. The average molecular weight is 373 g/mol. The Morgan fingerprint density at radius 3 is 2.69 bits per heavy atom. The van der Waals surface area contributed by atoms with E-state index < -0.39 is 11.7 Å². The third kappa shape index (κ3) is 3.36. The van der Waals surface area contributed by atoms with Gasteiger partial charge in [0.15, 0.2) is 5.58 Å². The number of carbonyl (C=O) groups is 1. The Kier molecular flexibility index (Phi) is 4.86. The normalized spacial score (nSPS) is 10.7. The van der Waals surface area contributed by atoms with Crippen molar-refractivity contribution in [2.45, 2.75) is 20.3 Å². The third-order valence-electron chi connectivity index (χ3n) is 4.11. The van der Waals surface area contributed by atoms with E-state index in [1.54, 1.807) is 30.3 Å². The van der Waals surface area contributed by atoms with Gasteiger partial charge in [0.05, 0.1) is 0 Å². The molecular weight excluding hydrogens is 356 g/mol. The minimum absolute atomic E-state index is 0.0323. The topological polar surface area (TPSA) is 91.6 Å². The summed E-state index contributed by atoms with van der Waals surface area (Å²) in [4.78, 5) is 24.5. The number of anilines is 2. The molecule has 3 N–H and O–H groups in total. The zero-order valence-corrected chi connectivity index (χ0v) is 15.0. The van der Waals surface area contributed by atoms with Crippen molar-refractivity contribution in [2.24, 2.45) is 0 Å². The predicted molar refractivity (Wildman–Crippen MR) is 102 cm³/mol. The fraction of sp³-hybridized carbons (Fsp3) is 0.158. The number of aromatic hydroxyl groups is 1. The van der Waals surface area contributed by atoms with Gasteiger partial charge in [0, 0.05) is 21.7 Å². The number of urea groups is 1. The van der Waals surface area contributed by atoms with Crippen LogP contribution >= 0.6 is 11.6 Å². The number of nitrogens with one attached hydrogen (secondary N) is 2. The van der Waals surface area contributed by atoms with Crippen LogP contribution in [0.3, 0.4) is 0 Å². The van der Waals surface area contributed by atoms with E-state index in [0.29, 0.717) is 28.1 Å². The Morgan fingerprint density at radius 2 is 2.00 bits per heavy atom. The number of rotatable bonds is 3. The maximum absolute atomic E-state index is 12.3. The first-order chi connectivity index (χ1) is 12.4. The molecule has 0 saturated carbocycles. The van der Waals surface area contributed by atoms with E-state index in [1.807, 2.05) is 13.8 Å². The van der Waals surface area contributed by atoms with Crippen LogP contribution in [0.15, 0.2) is 45.6 Å². The molecule has 6 nitrogen and oxygen atoms in total. The van der Waals surface area contributed by atoms with Gasteiger partial charge in [0.25, 0.3) is 0 Å². The first-order valence-electron chi connectivity index (χ1n) is 8.02. The molecule has 0 saturated heterocycles. The van der Waals surface area contributed by atoms with E-state index in [2.05, 4.69) is 10.6 Å². The second-order valence-corrected chi connectivity index (χ2v) is 6.21. The number of hydrogen-bond acceptors (Lipinski definition) is 4. The van der Waals surface area contributed by atoms with E-state index in [-0.39, 0.29) is 17.0 Å². The second-order valence-electron chi connectivity index (χ2n) is 5.77. The van der Waals surface area contributed by atoms with Crippen LogP contribution in [0.1, 0.15) is 18.1 Å². The molecule has 0 bridgehead atoms. The molecule has 26 heavy (non-hydrogen) atoms. The van der Waals surface area contributed by atoms with Gasteiger partial charge in [0.2, 0.25) is 0 Å². The molecule has 2 amide bonds. The molecule has 0 spiro atoms. The molecule has 0 aliphatic heterocycles. The zero-order chi connectivity index (χ0) is 18.8. The fourth-order valence-electron chi connectivity index (χ4n) is 2.82. The molecule has 0 fully saturated rings. The molecule has 0 atom stereocenters. The van der Waals surface area contributed by atoms with Crippen molar-refractivity contribution in [1.29, 1.82) is 0 Å². The average Bonchev–Trinajstić information content (AvgIpc) is 2.58. The SMILES string of the molecule is CCc1c(C)c2ccc(O)c(NC(=O)Nc3cccc(Cl)c3)c2oc1=O. The summed E-state index contributed by atoms with van der Waals surface area (Å²) in [6.45, 7) is 3.67. The first kappa shape index (κ1) is 17.8. The van der Waals surface area contributed by atoms with Crippen molar-refractivity contribution in [3.63, 3.8) is 0 Å². The van der Waals surface area contributed by atoms with Crippen molar-refractivity contribution < 1.29 is 14.3 Å². The van der Waals surface area contributed by atoms with E-state index in [0.717, 1.165) is 5.56 Å². The predicted octanol–water partition coefficient (Wildman–Crippen LogP) is 4.67. The van der Waals surface area contributed by atoms with Gasteiger partial charge in [-0.15, -0.1) is 0 Å². The molecule has 2 aromatic carbocycles. The monoisotopic (exact) mass is 372 g/mol. The van der Waals surface area contributed by atoms with Crippen molar-refractivity contribution in [2.75, 3.05) is 10.6 Å². The van der Waals surface area contributed by atoms with Crippen molar-refractivity contribution in [1.82, 2.24) is 0 Å². The summed E-state index contributed by atoms with van der Waals surface area (Å²) >= 11 is 5.89. The number of benzene rings is 2. The molecule has 1 heterocycles. The minimum Gasteiger partial charge on any atom is -0.506 e. The van der Waals surface area contributed by atoms with Crippen LogP contribution in [-0.2, 0) is 6.42 Å². The summed E-state index contributed by atoms with van der Waals surface area (Å²) in [6, 6.07) is 9.14. The lowest BCUT2D eigenvalue weighted by atomic mass is 10.0. The lowest BCUT2D eigenvalue weighted by Crippen LogP contribution is -2.20. The summed E-state index contributed by atoms with van der Waals surface area (Å²) in [5.41, 5.74) is 1.49. The lowest BCUT2D eigenvalue weighted by Gasteiger charge is -2.13. The van der Waals surface area contributed by atoms with Gasteiger partial charge in [0.1, 0.15) is 11.4 Å². The van der Waals surface area contributed by atoms with Crippen LogP contribution in [0.4, 0.5) is 16.2 Å². The number of phenolic OH excluding ortho intramolecular Hbond substituents is 1. The first-order valence-corrected chi connectivity index (χ1v) is 8.40. The van der Waals surface area contributed by atoms with Gasteiger partial charge in [-0.25, -0.2) is 9.59 Å². The zero-order valence-electron chi connectivity index (χ0n) is 14.2. The summed E-state index contributed by atoms with van der Waals surface area (Å²) < 4.78 is 5.37. The Morgan fingerprint density at radius 1 is 1.23 bits per heavy atom. The van der Waals surface area contributed by atoms with Gasteiger partial charge in [-0.2, -0.15) is 0 Å². The van der Waals surface area contributed by atoms with Crippen LogP contribution in [0.25, 0.3) is 11.0 Å². The van der Waals surface area contributed by atoms with Crippen LogP contribution in [0.5, 0.6) is 5.75 Å². The molecule has 0 aliphatic rings. The van der Waals surface area contributed by atoms with E-state index in [4.69, 9.17) is 16.0 Å². The molecule has 3 aromatic rings. The number of aryl methyl sites for hydroxylation is 1. The highest BCUT2D eigenvalue weighted by Crippen LogP contribution is 2.34. The molecule has 0 unspecified atom stereocenters. The smallest absolute Gasteiger partial charge is 0.339 e. The van der Waals surface area contributed by atoms with Crippen LogP contribution in [0.2, 0.25) is 5.02 Å². The third-order valence-corrected chi connectivity index (χ3v) is 4.34. The quantitative estimate of drug-likeness (QED) is 0.460. The standard InChI is InChI=1S/C19H17ClN2O4/c1-3-13-10(2)14-7-8-15(23)16(17(14)26-18(13)24)22-19(25)21-12-6-4-5-11(20)9-12/h4-9,23H,3H2,1-2H3,(H2,21,22,25). The van der Waals surface area contributed by atoms with Gasteiger partial charge in [-0.1, -0.05) is 24.6 Å². The molecule has 0 radical (unpaired) electrons. The van der Waals surface area contributed by atoms with Gasteiger partial charge < -0.3 is 20.2 Å². The second kappa shape index (κ2) is 7.09. The molecule has 1 aromatic heterocycles. The van der Waals surface area contributed by atoms with Crippen molar-refractivity contribution in [3.8, 4) is 5.75 Å². The Labute approximate surface area is 154 Å². The summed E-state index contributed by atoms with van der Waals surface area (Å²) in [7, 11) is 0. The van der Waals surface area contributed by atoms with Gasteiger partial charge in [-0.3, -0.25) is 0 Å².